The van der Waals surface area contributed by atoms with Crippen molar-refractivity contribution < 1.29 is 5.11 Å². The van der Waals surface area contributed by atoms with Crippen LogP contribution < -0.4 is 10.6 Å². The van der Waals surface area contributed by atoms with E-state index in [9.17, 15) is 5.11 Å². The molecular formula is C14H17ClN4O. The van der Waals surface area contributed by atoms with E-state index < -0.39 is 0 Å². The van der Waals surface area contributed by atoms with Gasteiger partial charge in [-0.15, -0.1) is 0 Å². The highest BCUT2D eigenvalue weighted by molar-refractivity contribution is 6.29. The van der Waals surface area contributed by atoms with Crippen molar-refractivity contribution in [3.63, 3.8) is 0 Å². The van der Waals surface area contributed by atoms with Crippen LogP contribution in [0.1, 0.15) is 18.9 Å². The largest absolute Gasteiger partial charge is 0.508 e. The van der Waals surface area contributed by atoms with Gasteiger partial charge in [-0.25, -0.2) is 4.98 Å². The minimum absolute atomic E-state index is 0.144. The van der Waals surface area contributed by atoms with Crippen LogP contribution in [0.4, 0.5) is 11.8 Å². The molecule has 1 heterocycles. The molecular weight excluding hydrogens is 276 g/mol. The Morgan fingerprint density at radius 3 is 2.70 bits per heavy atom. The Bertz CT molecular complexity index is 571. The molecule has 0 aliphatic heterocycles. The van der Waals surface area contributed by atoms with E-state index in [1.54, 1.807) is 18.2 Å². The van der Waals surface area contributed by atoms with E-state index >= 15 is 0 Å². The first-order valence-corrected chi connectivity index (χ1v) is 6.80. The Hall–Kier alpha value is -2.01. The first-order chi connectivity index (χ1) is 9.60. The summed E-state index contributed by atoms with van der Waals surface area (Å²) in [5.74, 6) is 1.07. The molecule has 0 fully saturated rings. The first-order valence-electron chi connectivity index (χ1n) is 6.42. The number of phenolic OH excluding ortho intramolecular Hbond substituents is 1. The van der Waals surface area contributed by atoms with E-state index in [2.05, 4.69) is 16.9 Å². The Morgan fingerprint density at radius 1 is 1.30 bits per heavy atom. The fraction of sp³-hybridized carbons (Fsp3) is 0.286. The smallest absolute Gasteiger partial charge is 0.223 e. The lowest BCUT2D eigenvalue weighted by atomic mass is 10.2. The van der Waals surface area contributed by atoms with E-state index in [1.807, 2.05) is 17.0 Å². The molecule has 0 aliphatic rings. The lowest BCUT2D eigenvalue weighted by Crippen LogP contribution is -2.25. The normalized spacial score (nSPS) is 10.5. The van der Waals surface area contributed by atoms with Gasteiger partial charge >= 0.3 is 0 Å². The predicted octanol–water partition coefficient (Wildman–Crippen LogP) is 2.83. The van der Waals surface area contributed by atoms with Gasteiger partial charge in [-0.05, 0) is 12.5 Å². The molecule has 0 saturated heterocycles. The number of nitrogen functional groups attached to an aromatic ring is 1. The molecule has 0 aliphatic carbocycles. The second kappa shape index (κ2) is 6.43. The highest BCUT2D eigenvalue weighted by Crippen LogP contribution is 2.23. The summed E-state index contributed by atoms with van der Waals surface area (Å²) in [6, 6.07) is 8.90. The third kappa shape index (κ3) is 3.51. The van der Waals surface area contributed by atoms with E-state index in [0.29, 0.717) is 17.5 Å². The minimum Gasteiger partial charge on any atom is -0.508 e. The van der Waals surface area contributed by atoms with Crippen molar-refractivity contribution in [1.82, 2.24) is 9.97 Å². The summed E-state index contributed by atoms with van der Waals surface area (Å²) in [5, 5.41) is 10.2. The molecule has 20 heavy (non-hydrogen) atoms. The van der Waals surface area contributed by atoms with Crippen molar-refractivity contribution in [2.75, 3.05) is 17.2 Å². The van der Waals surface area contributed by atoms with E-state index in [-0.39, 0.29) is 11.7 Å². The predicted molar refractivity (Wildman–Crippen MR) is 80.9 cm³/mol. The van der Waals surface area contributed by atoms with Crippen molar-refractivity contribution in [3.8, 4) is 5.75 Å². The molecule has 0 bridgehead atoms. The number of rotatable bonds is 5. The van der Waals surface area contributed by atoms with Crippen LogP contribution in [0.3, 0.4) is 0 Å². The number of phenols is 1. The van der Waals surface area contributed by atoms with Crippen LogP contribution in [0.25, 0.3) is 0 Å². The number of benzene rings is 1. The molecule has 0 radical (unpaired) electrons. The summed E-state index contributed by atoms with van der Waals surface area (Å²) in [6.45, 7) is 3.39. The number of para-hydroxylation sites is 1. The van der Waals surface area contributed by atoms with Gasteiger partial charge in [-0.3, -0.25) is 0 Å². The number of aromatic hydroxyl groups is 1. The van der Waals surface area contributed by atoms with Gasteiger partial charge in [0.25, 0.3) is 0 Å². The van der Waals surface area contributed by atoms with Crippen LogP contribution in [0.2, 0.25) is 5.15 Å². The summed E-state index contributed by atoms with van der Waals surface area (Å²) in [7, 11) is 0. The average Bonchev–Trinajstić information content (AvgIpc) is 2.39. The molecule has 2 rings (SSSR count). The number of anilines is 2. The molecule has 0 amide bonds. The van der Waals surface area contributed by atoms with Crippen LogP contribution in [-0.2, 0) is 6.54 Å². The van der Waals surface area contributed by atoms with Crippen LogP contribution in [0.15, 0.2) is 30.3 Å². The summed E-state index contributed by atoms with van der Waals surface area (Å²) < 4.78 is 0. The fourth-order valence-corrected chi connectivity index (χ4v) is 2.16. The van der Waals surface area contributed by atoms with Crippen molar-refractivity contribution in [2.45, 2.75) is 19.9 Å². The number of halogens is 1. The molecule has 3 N–H and O–H groups in total. The van der Waals surface area contributed by atoms with E-state index in [4.69, 9.17) is 17.3 Å². The van der Waals surface area contributed by atoms with Crippen LogP contribution >= 0.6 is 11.6 Å². The lowest BCUT2D eigenvalue weighted by Gasteiger charge is -2.23. The summed E-state index contributed by atoms with van der Waals surface area (Å²) in [4.78, 5) is 10.1. The molecule has 0 unspecified atom stereocenters. The van der Waals surface area contributed by atoms with Crippen molar-refractivity contribution in [2.24, 2.45) is 0 Å². The maximum Gasteiger partial charge on any atom is 0.223 e. The molecule has 0 atom stereocenters. The highest BCUT2D eigenvalue weighted by atomic mass is 35.5. The lowest BCUT2D eigenvalue weighted by molar-refractivity contribution is 0.467. The van der Waals surface area contributed by atoms with Gasteiger partial charge in [0.05, 0.1) is 0 Å². The second-order valence-electron chi connectivity index (χ2n) is 4.46. The minimum atomic E-state index is 0.144. The molecule has 106 valence electrons. The molecule has 1 aromatic heterocycles. The fourth-order valence-electron chi connectivity index (χ4n) is 1.98. The highest BCUT2D eigenvalue weighted by Gasteiger charge is 2.12. The van der Waals surface area contributed by atoms with Gasteiger partial charge in [0.2, 0.25) is 5.95 Å². The average molecular weight is 293 g/mol. The third-order valence-electron chi connectivity index (χ3n) is 2.87. The molecule has 5 nitrogen and oxygen atoms in total. The molecule has 0 saturated carbocycles. The third-order valence-corrected chi connectivity index (χ3v) is 3.06. The Balaban J connectivity index is 2.29. The summed E-state index contributed by atoms with van der Waals surface area (Å²) in [6.07, 6.45) is 0.940. The molecule has 2 aromatic rings. The number of hydrogen-bond donors (Lipinski definition) is 2. The van der Waals surface area contributed by atoms with Crippen LogP contribution in [-0.4, -0.2) is 21.6 Å². The number of nitrogens with two attached hydrogens (primary N) is 1. The number of aromatic nitrogens is 2. The van der Waals surface area contributed by atoms with E-state index in [1.165, 1.54) is 0 Å². The summed E-state index contributed by atoms with van der Waals surface area (Å²) in [5.41, 5.74) is 6.46. The zero-order valence-corrected chi connectivity index (χ0v) is 12.0. The summed E-state index contributed by atoms with van der Waals surface area (Å²) >= 11 is 5.92. The standard InChI is InChI=1S/C14H17ClN4O/c1-2-7-19(9-10-5-3-4-6-11(10)20)13-8-12(15)17-14(16)18-13/h3-6,8,20H,2,7,9H2,1H3,(H2,16,17,18). The monoisotopic (exact) mass is 292 g/mol. The second-order valence-corrected chi connectivity index (χ2v) is 4.84. The van der Waals surface area contributed by atoms with Gasteiger partial charge in [-0.2, -0.15) is 4.98 Å². The van der Waals surface area contributed by atoms with Crippen molar-refractivity contribution >= 4 is 23.4 Å². The maximum absolute atomic E-state index is 9.87. The molecule has 6 heteroatoms. The topological polar surface area (TPSA) is 75.3 Å². The molecule has 0 spiro atoms. The maximum atomic E-state index is 9.87. The van der Waals surface area contributed by atoms with Crippen LogP contribution in [0.5, 0.6) is 5.75 Å². The Kier molecular flexibility index (Phi) is 4.63. The molecule has 1 aromatic carbocycles. The number of nitrogens with zero attached hydrogens (tertiary/aromatic N) is 3. The van der Waals surface area contributed by atoms with E-state index in [0.717, 1.165) is 18.5 Å². The van der Waals surface area contributed by atoms with Gasteiger partial charge in [0, 0.05) is 24.7 Å². The van der Waals surface area contributed by atoms with Crippen molar-refractivity contribution in [1.29, 1.82) is 0 Å². The van der Waals surface area contributed by atoms with Gasteiger partial charge in [0.1, 0.15) is 16.7 Å². The Labute approximate surface area is 123 Å². The van der Waals surface area contributed by atoms with Gasteiger partial charge < -0.3 is 15.7 Å². The van der Waals surface area contributed by atoms with Gasteiger partial charge in [-0.1, -0.05) is 36.7 Å². The van der Waals surface area contributed by atoms with Crippen molar-refractivity contribution in [3.05, 3.63) is 41.0 Å². The zero-order valence-electron chi connectivity index (χ0n) is 11.3. The van der Waals surface area contributed by atoms with Gasteiger partial charge in [0.15, 0.2) is 0 Å². The quantitative estimate of drug-likeness (QED) is 0.829. The SMILES string of the molecule is CCCN(Cc1ccccc1O)c1cc(Cl)nc(N)n1. The zero-order chi connectivity index (χ0) is 14.5. The Morgan fingerprint density at radius 2 is 2.05 bits per heavy atom. The van der Waals surface area contributed by atoms with Crippen LogP contribution in [0, 0.1) is 0 Å². The number of hydrogen-bond acceptors (Lipinski definition) is 5. The first kappa shape index (κ1) is 14.4.